The number of amides is 1. The van der Waals surface area contributed by atoms with Crippen LogP contribution in [0.5, 0.6) is 5.75 Å². The lowest BCUT2D eigenvalue weighted by atomic mass is 10.2. The van der Waals surface area contributed by atoms with Crippen molar-refractivity contribution >= 4 is 5.91 Å². The predicted octanol–water partition coefficient (Wildman–Crippen LogP) is 2.72. The Balaban J connectivity index is 1.84. The first-order valence-corrected chi connectivity index (χ1v) is 8.65. The normalized spacial score (nSPS) is 10.7. The summed E-state index contributed by atoms with van der Waals surface area (Å²) in [5, 5.41) is 7.23. The predicted molar refractivity (Wildman–Crippen MR) is 96.8 cm³/mol. The number of ether oxygens (including phenoxy) is 2. The second-order valence-electron chi connectivity index (χ2n) is 5.88. The van der Waals surface area contributed by atoms with Crippen molar-refractivity contribution in [2.45, 2.75) is 32.7 Å². The lowest BCUT2D eigenvalue weighted by molar-refractivity contribution is 0.0941. The number of carbonyl (C=O) groups excluding carboxylic acids is 1. The van der Waals surface area contributed by atoms with Crippen molar-refractivity contribution in [1.82, 2.24) is 15.1 Å². The van der Waals surface area contributed by atoms with Crippen LogP contribution in [0, 0.1) is 0 Å². The van der Waals surface area contributed by atoms with Gasteiger partial charge in [-0.1, -0.05) is 19.1 Å². The van der Waals surface area contributed by atoms with Crippen molar-refractivity contribution in [3.63, 3.8) is 0 Å². The Kier molecular flexibility index (Phi) is 7.47. The van der Waals surface area contributed by atoms with Crippen LogP contribution >= 0.6 is 0 Å². The number of carbonyl (C=O) groups is 1. The van der Waals surface area contributed by atoms with Gasteiger partial charge in [0.1, 0.15) is 11.4 Å². The van der Waals surface area contributed by atoms with Gasteiger partial charge in [-0.3, -0.25) is 9.48 Å². The molecule has 1 amide bonds. The van der Waals surface area contributed by atoms with Crippen molar-refractivity contribution < 1.29 is 14.3 Å². The van der Waals surface area contributed by atoms with Crippen LogP contribution in [-0.2, 0) is 24.8 Å². The standard InChI is InChI=1S/C19H27N3O3/c1-4-16-13-18(22(2)21-16)19(23)20-14-15-8-7-9-17(12-15)25-11-6-5-10-24-3/h7-9,12-13H,4-6,10-11,14H2,1-3H3,(H,20,23). The molecule has 2 rings (SSSR count). The van der Waals surface area contributed by atoms with E-state index < -0.39 is 0 Å². The number of nitrogens with one attached hydrogen (secondary N) is 1. The first kappa shape index (κ1) is 19.0. The minimum atomic E-state index is -0.124. The highest BCUT2D eigenvalue weighted by atomic mass is 16.5. The Hall–Kier alpha value is -2.34. The Morgan fingerprint density at radius 2 is 2.04 bits per heavy atom. The third-order valence-corrected chi connectivity index (χ3v) is 3.89. The van der Waals surface area contributed by atoms with E-state index >= 15 is 0 Å². The summed E-state index contributed by atoms with van der Waals surface area (Å²) in [4.78, 5) is 12.3. The number of nitrogens with zero attached hydrogens (tertiary/aromatic N) is 2. The van der Waals surface area contributed by atoms with E-state index in [2.05, 4.69) is 10.4 Å². The highest BCUT2D eigenvalue weighted by Gasteiger charge is 2.12. The van der Waals surface area contributed by atoms with Crippen LogP contribution in [0.3, 0.4) is 0 Å². The van der Waals surface area contributed by atoms with E-state index in [9.17, 15) is 4.79 Å². The lowest BCUT2D eigenvalue weighted by Gasteiger charge is -2.09. The van der Waals surface area contributed by atoms with E-state index in [0.29, 0.717) is 18.8 Å². The lowest BCUT2D eigenvalue weighted by Crippen LogP contribution is -2.25. The number of benzene rings is 1. The maximum atomic E-state index is 12.3. The number of rotatable bonds is 10. The Morgan fingerprint density at radius 3 is 2.76 bits per heavy atom. The first-order valence-electron chi connectivity index (χ1n) is 8.65. The Morgan fingerprint density at radius 1 is 1.24 bits per heavy atom. The van der Waals surface area contributed by atoms with Crippen LogP contribution in [-0.4, -0.2) is 36.0 Å². The van der Waals surface area contributed by atoms with Crippen LogP contribution < -0.4 is 10.1 Å². The van der Waals surface area contributed by atoms with Crippen LogP contribution in [0.4, 0.5) is 0 Å². The summed E-state index contributed by atoms with van der Waals surface area (Å²) in [5.41, 5.74) is 2.49. The average Bonchev–Trinajstić information content (AvgIpc) is 3.01. The van der Waals surface area contributed by atoms with Gasteiger partial charge in [-0.05, 0) is 43.0 Å². The molecule has 0 atom stereocenters. The van der Waals surface area contributed by atoms with Gasteiger partial charge in [0, 0.05) is 27.3 Å². The molecule has 0 unspecified atom stereocenters. The molecule has 0 saturated heterocycles. The zero-order valence-corrected chi connectivity index (χ0v) is 15.2. The fourth-order valence-corrected chi connectivity index (χ4v) is 2.47. The van der Waals surface area contributed by atoms with E-state index in [1.54, 1.807) is 18.8 Å². The number of hydrogen-bond donors (Lipinski definition) is 1. The van der Waals surface area contributed by atoms with Gasteiger partial charge >= 0.3 is 0 Å². The molecule has 0 aliphatic carbocycles. The topological polar surface area (TPSA) is 65.4 Å². The minimum absolute atomic E-state index is 0.124. The third kappa shape index (κ3) is 5.90. The molecule has 6 heteroatoms. The van der Waals surface area contributed by atoms with Crippen LogP contribution in [0.15, 0.2) is 30.3 Å². The van der Waals surface area contributed by atoms with E-state index in [4.69, 9.17) is 9.47 Å². The molecule has 136 valence electrons. The number of hydrogen-bond acceptors (Lipinski definition) is 4. The highest BCUT2D eigenvalue weighted by Crippen LogP contribution is 2.14. The zero-order chi connectivity index (χ0) is 18.1. The van der Waals surface area contributed by atoms with Crippen molar-refractivity contribution in [3.05, 3.63) is 47.3 Å². The van der Waals surface area contributed by atoms with Gasteiger partial charge in [-0.15, -0.1) is 0 Å². The van der Waals surface area contributed by atoms with Gasteiger partial charge < -0.3 is 14.8 Å². The molecular weight excluding hydrogens is 318 g/mol. The summed E-state index contributed by atoms with van der Waals surface area (Å²) in [6.45, 7) is 3.88. The molecule has 1 N–H and O–H groups in total. The molecule has 25 heavy (non-hydrogen) atoms. The van der Waals surface area contributed by atoms with E-state index in [0.717, 1.165) is 42.9 Å². The van der Waals surface area contributed by atoms with Gasteiger partial charge in [0.25, 0.3) is 5.91 Å². The van der Waals surface area contributed by atoms with Gasteiger partial charge in [0.15, 0.2) is 0 Å². The van der Waals surface area contributed by atoms with Gasteiger partial charge in [-0.2, -0.15) is 5.10 Å². The molecule has 1 aromatic carbocycles. The van der Waals surface area contributed by atoms with E-state index in [-0.39, 0.29) is 5.91 Å². The smallest absolute Gasteiger partial charge is 0.269 e. The molecule has 0 aliphatic rings. The second-order valence-corrected chi connectivity index (χ2v) is 5.88. The van der Waals surface area contributed by atoms with E-state index in [1.165, 1.54) is 0 Å². The molecule has 2 aromatic rings. The van der Waals surface area contributed by atoms with Crippen LogP contribution in [0.1, 0.15) is 41.5 Å². The minimum Gasteiger partial charge on any atom is -0.494 e. The van der Waals surface area contributed by atoms with Gasteiger partial charge in [0.2, 0.25) is 0 Å². The first-order chi connectivity index (χ1) is 12.1. The summed E-state index contributed by atoms with van der Waals surface area (Å²) in [7, 11) is 3.49. The van der Waals surface area contributed by atoms with Crippen molar-refractivity contribution in [2.24, 2.45) is 7.05 Å². The summed E-state index contributed by atoms with van der Waals surface area (Å²) < 4.78 is 12.4. The van der Waals surface area contributed by atoms with Crippen molar-refractivity contribution in [1.29, 1.82) is 0 Å². The SMILES string of the molecule is CCc1cc(C(=O)NCc2cccc(OCCCCOC)c2)n(C)n1. The van der Waals surface area contributed by atoms with Crippen molar-refractivity contribution in [3.8, 4) is 5.75 Å². The molecule has 6 nitrogen and oxygen atoms in total. The monoisotopic (exact) mass is 345 g/mol. The summed E-state index contributed by atoms with van der Waals surface area (Å²) in [6.07, 6.45) is 2.75. The quantitative estimate of drug-likeness (QED) is 0.673. The van der Waals surface area contributed by atoms with E-state index in [1.807, 2.05) is 37.3 Å². The third-order valence-electron chi connectivity index (χ3n) is 3.89. The van der Waals surface area contributed by atoms with Gasteiger partial charge in [-0.25, -0.2) is 0 Å². The number of aryl methyl sites for hydroxylation is 2. The average molecular weight is 345 g/mol. The van der Waals surface area contributed by atoms with Crippen LogP contribution in [0.2, 0.25) is 0 Å². The largest absolute Gasteiger partial charge is 0.494 e. The maximum absolute atomic E-state index is 12.3. The Labute approximate surface area is 149 Å². The molecule has 0 spiro atoms. The molecular formula is C19H27N3O3. The fourth-order valence-electron chi connectivity index (χ4n) is 2.47. The van der Waals surface area contributed by atoms with Crippen molar-refractivity contribution in [2.75, 3.05) is 20.3 Å². The summed E-state index contributed by atoms with van der Waals surface area (Å²) >= 11 is 0. The maximum Gasteiger partial charge on any atom is 0.269 e. The Bertz CT molecular complexity index is 682. The summed E-state index contributed by atoms with van der Waals surface area (Å²) in [5.74, 6) is 0.693. The molecule has 1 aromatic heterocycles. The second kappa shape index (κ2) is 9.84. The number of aromatic nitrogens is 2. The molecule has 0 aliphatic heterocycles. The molecule has 1 heterocycles. The molecule has 0 bridgehead atoms. The zero-order valence-electron chi connectivity index (χ0n) is 15.2. The fraction of sp³-hybridized carbons (Fsp3) is 0.474. The number of methoxy groups -OCH3 is 1. The van der Waals surface area contributed by atoms with Crippen LogP contribution in [0.25, 0.3) is 0 Å². The highest BCUT2D eigenvalue weighted by molar-refractivity contribution is 5.92. The molecule has 0 fully saturated rings. The molecule has 0 radical (unpaired) electrons. The number of unbranched alkanes of at least 4 members (excludes halogenated alkanes) is 1. The summed E-state index contributed by atoms with van der Waals surface area (Å²) in [6, 6.07) is 9.62. The molecule has 0 saturated carbocycles. The van der Waals surface area contributed by atoms with Gasteiger partial charge in [0.05, 0.1) is 12.3 Å².